The van der Waals surface area contributed by atoms with Crippen LogP contribution in [-0.2, 0) is 4.79 Å². The van der Waals surface area contributed by atoms with Gasteiger partial charge in [-0.1, -0.05) is 43.5 Å². The first-order chi connectivity index (χ1) is 16.2. The number of carbonyl (C=O) groups excluding carboxylic acids is 2. The van der Waals surface area contributed by atoms with Crippen LogP contribution in [-0.4, -0.2) is 29.9 Å². The van der Waals surface area contributed by atoms with Gasteiger partial charge in [-0.3, -0.25) is 19.5 Å². The molecule has 4 rings (SSSR count). The van der Waals surface area contributed by atoms with E-state index in [1.807, 2.05) is 24.3 Å². The van der Waals surface area contributed by atoms with Gasteiger partial charge >= 0.3 is 0 Å². The third kappa shape index (κ3) is 5.40. The highest BCUT2D eigenvalue weighted by Gasteiger charge is 2.35. The fourth-order valence-corrected chi connectivity index (χ4v) is 4.29. The second-order valence-corrected chi connectivity index (χ2v) is 8.24. The number of amides is 2. The minimum Gasteiger partial charge on any atom is -0.497 e. The van der Waals surface area contributed by atoms with Crippen molar-refractivity contribution in [3.8, 4) is 5.75 Å². The van der Waals surface area contributed by atoms with Crippen molar-refractivity contribution in [1.82, 2.24) is 10.3 Å². The Hall–Kier alpha value is -3.67. The Morgan fingerprint density at radius 1 is 0.939 bits per heavy atom. The van der Waals surface area contributed by atoms with Crippen molar-refractivity contribution in [2.24, 2.45) is 0 Å². The lowest BCUT2D eigenvalue weighted by atomic mass is 9.95. The molecule has 6 heteroatoms. The highest BCUT2D eigenvalue weighted by Crippen LogP contribution is 2.31. The van der Waals surface area contributed by atoms with Gasteiger partial charge in [0, 0.05) is 23.5 Å². The zero-order valence-corrected chi connectivity index (χ0v) is 18.8. The summed E-state index contributed by atoms with van der Waals surface area (Å²) in [5, 5.41) is 3.20. The molecular weight excluding hydrogens is 414 g/mol. The highest BCUT2D eigenvalue weighted by molar-refractivity contribution is 6.10. The first-order valence-electron chi connectivity index (χ1n) is 11.4. The van der Waals surface area contributed by atoms with Gasteiger partial charge in [0.2, 0.25) is 5.91 Å². The topological polar surface area (TPSA) is 71.5 Å². The summed E-state index contributed by atoms with van der Waals surface area (Å²) in [7, 11) is 1.59. The summed E-state index contributed by atoms with van der Waals surface area (Å²) in [5.41, 5.74) is 1.62. The van der Waals surface area contributed by atoms with E-state index < -0.39 is 6.04 Å². The summed E-state index contributed by atoms with van der Waals surface area (Å²) in [6.45, 7) is 0. The van der Waals surface area contributed by atoms with E-state index in [0.717, 1.165) is 25.7 Å². The van der Waals surface area contributed by atoms with E-state index in [1.165, 1.54) is 11.3 Å². The number of rotatable bonds is 7. The van der Waals surface area contributed by atoms with Crippen LogP contribution < -0.4 is 15.0 Å². The third-order valence-electron chi connectivity index (χ3n) is 6.02. The van der Waals surface area contributed by atoms with E-state index in [9.17, 15) is 9.59 Å². The quantitative estimate of drug-likeness (QED) is 0.562. The van der Waals surface area contributed by atoms with Gasteiger partial charge in [0.15, 0.2) is 6.04 Å². The summed E-state index contributed by atoms with van der Waals surface area (Å²) in [5.74, 6) is 0.183. The molecule has 33 heavy (non-hydrogen) atoms. The van der Waals surface area contributed by atoms with Gasteiger partial charge in [-0.15, -0.1) is 0 Å². The fourth-order valence-electron chi connectivity index (χ4n) is 4.29. The molecule has 2 amide bonds. The van der Waals surface area contributed by atoms with Crippen LogP contribution >= 0.6 is 0 Å². The van der Waals surface area contributed by atoms with Crippen LogP contribution in [0.3, 0.4) is 0 Å². The molecule has 2 aromatic carbocycles. The van der Waals surface area contributed by atoms with Gasteiger partial charge in [-0.2, -0.15) is 0 Å². The Balaban J connectivity index is 1.77. The number of anilines is 1. The molecule has 1 aliphatic carbocycles. The standard InChI is InChI=1S/C27H29N3O3/c1-33-23-17-15-22(16-18-23)30(27(32)20-10-4-2-5-11-20)25(24-14-8-9-19-28-24)26(31)29-21-12-6-3-7-13-21/h2,4-5,8-11,14-19,21,25H,3,6-7,12-13H2,1H3,(H,29,31). The van der Waals surface area contributed by atoms with Gasteiger partial charge in [0.1, 0.15) is 5.75 Å². The maximum absolute atomic E-state index is 13.8. The van der Waals surface area contributed by atoms with Crippen LogP contribution in [0.25, 0.3) is 0 Å². The number of nitrogens with one attached hydrogen (secondary N) is 1. The molecule has 1 atom stereocenters. The zero-order chi connectivity index (χ0) is 23.0. The highest BCUT2D eigenvalue weighted by atomic mass is 16.5. The molecule has 0 radical (unpaired) electrons. The van der Waals surface area contributed by atoms with Crippen molar-refractivity contribution in [3.05, 3.63) is 90.3 Å². The van der Waals surface area contributed by atoms with E-state index in [0.29, 0.717) is 22.7 Å². The molecule has 0 spiro atoms. The molecular formula is C27H29N3O3. The lowest BCUT2D eigenvalue weighted by Gasteiger charge is -2.33. The summed E-state index contributed by atoms with van der Waals surface area (Å²) in [6.07, 6.45) is 6.95. The molecule has 3 aromatic rings. The molecule has 1 aliphatic rings. The van der Waals surface area contributed by atoms with Gasteiger partial charge in [-0.25, -0.2) is 0 Å². The molecule has 170 valence electrons. The van der Waals surface area contributed by atoms with Crippen molar-refractivity contribution in [3.63, 3.8) is 0 Å². The van der Waals surface area contributed by atoms with Gasteiger partial charge in [-0.05, 0) is 61.4 Å². The predicted molar refractivity (Wildman–Crippen MR) is 128 cm³/mol. The first kappa shape index (κ1) is 22.5. The SMILES string of the molecule is COc1ccc(N(C(=O)c2ccccc2)C(C(=O)NC2CCCCC2)c2ccccn2)cc1. The summed E-state index contributed by atoms with van der Waals surface area (Å²) >= 11 is 0. The number of pyridine rings is 1. The first-order valence-corrected chi connectivity index (χ1v) is 11.4. The van der Waals surface area contributed by atoms with Gasteiger partial charge in [0.25, 0.3) is 5.91 Å². The van der Waals surface area contributed by atoms with Crippen molar-refractivity contribution in [1.29, 1.82) is 0 Å². The van der Waals surface area contributed by atoms with Crippen LogP contribution in [0, 0.1) is 0 Å². The van der Waals surface area contributed by atoms with Crippen molar-refractivity contribution in [2.45, 2.75) is 44.2 Å². The Kier molecular flexibility index (Phi) is 7.35. The smallest absolute Gasteiger partial charge is 0.259 e. The summed E-state index contributed by atoms with van der Waals surface area (Å²) in [6, 6.07) is 20.8. The predicted octanol–water partition coefficient (Wildman–Crippen LogP) is 4.93. The number of hydrogen-bond donors (Lipinski definition) is 1. The molecule has 6 nitrogen and oxygen atoms in total. The number of hydrogen-bond acceptors (Lipinski definition) is 4. The number of benzene rings is 2. The zero-order valence-electron chi connectivity index (χ0n) is 18.8. The molecule has 1 aromatic heterocycles. The lowest BCUT2D eigenvalue weighted by Crippen LogP contribution is -2.47. The molecule has 0 bridgehead atoms. The normalized spacial score (nSPS) is 14.8. The second-order valence-electron chi connectivity index (χ2n) is 8.24. The molecule has 1 heterocycles. The van der Waals surface area contributed by atoms with E-state index in [4.69, 9.17) is 4.74 Å². The molecule has 1 fully saturated rings. The third-order valence-corrected chi connectivity index (χ3v) is 6.02. The fraction of sp³-hybridized carbons (Fsp3) is 0.296. The Bertz CT molecular complexity index is 1050. The van der Waals surface area contributed by atoms with Crippen LogP contribution in [0.1, 0.15) is 54.2 Å². The van der Waals surface area contributed by atoms with Crippen molar-refractivity contribution in [2.75, 3.05) is 12.0 Å². The number of ether oxygens (including phenoxy) is 1. The minimum atomic E-state index is -0.908. The Labute approximate surface area is 194 Å². The van der Waals surface area contributed by atoms with Gasteiger partial charge < -0.3 is 10.1 Å². The second kappa shape index (κ2) is 10.8. The monoisotopic (exact) mass is 443 g/mol. The minimum absolute atomic E-state index is 0.113. The number of aromatic nitrogens is 1. The number of nitrogens with zero attached hydrogens (tertiary/aromatic N) is 2. The molecule has 1 N–H and O–H groups in total. The average Bonchev–Trinajstić information content (AvgIpc) is 2.88. The van der Waals surface area contributed by atoms with Crippen LogP contribution in [0.2, 0.25) is 0 Å². The van der Waals surface area contributed by atoms with Crippen LogP contribution in [0.15, 0.2) is 79.0 Å². The van der Waals surface area contributed by atoms with Crippen molar-refractivity contribution >= 4 is 17.5 Å². The lowest BCUT2D eigenvalue weighted by molar-refractivity contribution is -0.123. The van der Waals surface area contributed by atoms with E-state index in [2.05, 4.69) is 10.3 Å². The van der Waals surface area contributed by atoms with E-state index in [-0.39, 0.29) is 17.9 Å². The molecule has 0 saturated heterocycles. The van der Waals surface area contributed by atoms with Crippen molar-refractivity contribution < 1.29 is 14.3 Å². The van der Waals surface area contributed by atoms with E-state index in [1.54, 1.807) is 61.8 Å². The maximum Gasteiger partial charge on any atom is 0.259 e. The van der Waals surface area contributed by atoms with Crippen LogP contribution in [0.4, 0.5) is 5.69 Å². The average molecular weight is 444 g/mol. The Morgan fingerprint density at radius 2 is 1.64 bits per heavy atom. The summed E-state index contributed by atoms with van der Waals surface area (Å²) in [4.78, 5) is 33.5. The number of methoxy groups -OCH3 is 1. The molecule has 0 aliphatic heterocycles. The van der Waals surface area contributed by atoms with E-state index >= 15 is 0 Å². The molecule has 1 saturated carbocycles. The molecule has 1 unspecified atom stereocenters. The maximum atomic E-state index is 13.8. The Morgan fingerprint density at radius 3 is 2.27 bits per heavy atom. The largest absolute Gasteiger partial charge is 0.497 e. The summed E-state index contributed by atoms with van der Waals surface area (Å²) < 4.78 is 5.29. The van der Waals surface area contributed by atoms with Gasteiger partial charge in [0.05, 0.1) is 12.8 Å². The number of carbonyl (C=O) groups is 2. The van der Waals surface area contributed by atoms with Crippen LogP contribution in [0.5, 0.6) is 5.75 Å².